The van der Waals surface area contributed by atoms with E-state index in [-0.39, 0.29) is 6.10 Å². The monoisotopic (exact) mass is 241 g/mol. The van der Waals surface area contributed by atoms with Crippen molar-refractivity contribution in [1.82, 2.24) is 9.78 Å². The van der Waals surface area contributed by atoms with Crippen LogP contribution in [0.4, 0.5) is 0 Å². The van der Waals surface area contributed by atoms with E-state index in [1.54, 1.807) is 10.9 Å². The topological polar surface area (TPSA) is 62.3 Å². The number of ether oxygens (including phenoxy) is 2. The Morgan fingerprint density at radius 1 is 1.41 bits per heavy atom. The van der Waals surface area contributed by atoms with Gasteiger partial charge in [0.1, 0.15) is 0 Å². The van der Waals surface area contributed by atoms with E-state index in [1.165, 1.54) is 0 Å². The molecule has 5 nitrogen and oxygen atoms in total. The van der Waals surface area contributed by atoms with Crippen LogP contribution in [-0.4, -0.2) is 36.1 Å². The van der Waals surface area contributed by atoms with Gasteiger partial charge in [-0.3, -0.25) is 4.68 Å². The van der Waals surface area contributed by atoms with Crippen molar-refractivity contribution in [2.45, 2.75) is 20.0 Å². The Morgan fingerprint density at radius 3 is 2.71 bits per heavy atom. The van der Waals surface area contributed by atoms with Gasteiger partial charge in [0.05, 0.1) is 25.5 Å². The maximum atomic E-state index is 5.67. The summed E-state index contributed by atoms with van der Waals surface area (Å²) in [5.41, 5.74) is 6.69. The van der Waals surface area contributed by atoms with Crippen molar-refractivity contribution in [3.8, 4) is 0 Å². The molecule has 1 aromatic heterocycles. The van der Waals surface area contributed by atoms with Crippen LogP contribution in [0, 0.1) is 5.92 Å². The molecule has 2 N–H and O–H groups in total. The maximum Gasteiger partial charge on any atom is 0.0978 e. The minimum Gasteiger partial charge on any atom is -0.379 e. The Labute approximate surface area is 103 Å². The van der Waals surface area contributed by atoms with Gasteiger partial charge in [-0.2, -0.15) is 5.10 Å². The average Bonchev–Trinajstić information content (AvgIpc) is 2.70. The highest BCUT2D eigenvalue weighted by Gasteiger charge is 2.11. The number of aryl methyl sites for hydroxylation is 1. The molecule has 1 rings (SSSR count). The lowest BCUT2D eigenvalue weighted by molar-refractivity contribution is 0.00175. The van der Waals surface area contributed by atoms with Crippen LogP contribution in [0.25, 0.3) is 0 Å². The zero-order chi connectivity index (χ0) is 12.7. The van der Waals surface area contributed by atoms with Crippen molar-refractivity contribution in [3.05, 3.63) is 18.0 Å². The van der Waals surface area contributed by atoms with E-state index in [1.807, 2.05) is 13.2 Å². The SMILES string of the molecule is CC(C)COCCOC(CN)c1cnn(C)c1. The molecular weight excluding hydrogens is 218 g/mol. The summed E-state index contributed by atoms with van der Waals surface area (Å²) in [6.45, 7) is 6.64. The predicted octanol–water partition coefficient (Wildman–Crippen LogP) is 1.11. The highest BCUT2D eigenvalue weighted by Crippen LogP contribution is 2.14. The van der Waals surface area contributed by atoms with Crippen molar-refractivity contribution >= 4 is 0 Å². The summed E-state index contributed by atoms with van der Waals surface area (Å²) in [7, 11) is 1.88. The van der Waals surface area contributed by atoms with Gasteiger partial charge in [-0.25, -0.2) is 0 Å². The zero-order valence-corrected chi connectivity index (χ0v) is 10.9. The Morgan fingerprint density at radius 2 is 2.18 bits per heavy atom. The van der Waals surface area contributed by atoms with Crippen LogP contribution in [0.3, 0.4) is 0 Å². The predicted molar refractivity (Wildman–Crippen MR) is 66.6 cm³/mol. The second kappa shape index (κ2) is 7.42. The second-order valence-corrected chi connectivity index (χ2v) is 4.51. The molecular formula is C12H23N3O2. The fourth-order valence-corrected chi connectivity index (χ4v) is 1.48. The second-order valence-electron chi connectivity index (χ2n) is 4.51. The molecule has 0 amide bonds. The van der Waals surface area contributed by atoms with Crippen LogP contribution in [0.15, 0.2) is 12.4 Å². The molecule has 1 aromatic rings. The lowest BCUT2D eigenvalue weighted by atomic mass is 10.2. The molecule has 0 aliphatic heterocycles. The summed E-state index contributed by atoms with van der Waals surface area (Å²) < 4.78 is 12.9. The Hall–Kier alpha value is -0.910. The number of nitrogens with zero attached hydrogens (tertiary/aromatic N) is 2. The molecule has 1 atom stereocenters. The summed E-state index contributed by atoms with van der Waals surface area (Å²) in [5.74, 6) is 0.554. The number of hydrogen-bond acceptors (Lipinski definition) is 4. The van der Waals surface area contributed by atoms with Gasteiger partial charge in [-0.1, -0.05) is 13.8 Å². The fraction of sp³-hybridized carbons (Fsp3) is 0.750. The first-order valence-corrected chi connectivity index (χ1v) is 6.01. The highest BCUT2D eigenvalue weighted by molar-refractivity contribution is 5.08. The van der Waals surface area contributed by atoms with Crippen LogP contribution < -0.4 is 5.73 Å². The van der Waals surface area contributed by atoms with E-state index >= 15 is 0 Å². The Balaban J connectivity index is 2.24. The molecule has 0 saturated carbocycles. The maximum absolute atomic E-state index is 5.67. The van der Waals surface area contributed by atoms with Gasteiger partial charge in [-0.05, 0) is 5.92 Å². The van der Waals surface area contributed by atoms with Gasteiger partial charge in [0.2, 0.25) is 0 Å². The van der Waals surface area contributed by atoms with Crippen molar-refractivity contribution < 1.29 is 9.47 Å². The van der Waals surface area contributed by atoms with Crippen LogP contribution in [0.5, 0.6) is 0 Å². The van der Waals surface area contributed by atoms with E-state index in [2.05, 4.69) is 18.9 Å². The summed E-state index contributed by atoms with van der Waals surface area (Å²) in [6, 6.07) is 0. The molecule has 98 valence electrons. The third-order valence-corrected chi connectivity index (χ3v) is 2.31. The summed E-state index contributed by atoms with van der Waals surface area (Å²) in [5, 5.41) is 4.10. The van der Waals surface area contributed by atoms with Crippen LogP contribution in [0.2, 0.25) is 0 Å². The van der Waals surface area contributed by atoms with E-state index < -0.39 is 0 Å². The summed E-state index contributed by atoms with van der Waals surface area (Å²) in [4.78, 5) is 0. The molecule has 0 bridgehead atoms. The normalized spacial score (nSPS) is 13.2. The largest absolute Gasteiger partial charge is 0.379 e. The quantitative estimate of drug-likeness (QED) is 0.693. The van der Waals surface area contributed by atoms with Gasteiger partial charge < -0.3 is 15.2 Å². The van der Waals surface area contributed by atoms with Gasteiger partial charge in [0.15, 0.2) is 0 Å². The van der Waals surface area contributed by atoms with Crippen LogP contribution in [0.1, 0.15) is 25.5 Å². The lowest BCUT2D eigenvalue weighted by Gasteiger charge is -2.14. The molecule has 0 aromatic carbocycles. The first-order chi connectivity index (χ1) is 8.13. The van der Waals surface area contributed by atoms with E-state index in [4.69, 9.17) is 15.2 Å². The van der Waals surface area contributed by atoms with Gasteiger partial charge in [0, 0.05) is 32.0 Å². The molecule has 0 fully saturated rings. The molecule has 1 heterocycles. The van der Waals surface area contributed by atoms with Crippen molar-refractivity contribution in [3.63, 3.8) is 0 Å². The number of nitrogens with two attached hydrogens (primary N) is 1. The number of aromatic nitrogens is 2. The first kappa shape index (κ1) is 14.2. The molecule has 17 heavy (non-hydrogen) atoms. The molecule has 5 heteroatoms. The summed E-state index contributed by atoms with van der Waals surface area (Å²) >= 11 is 0. The first-order valence-electron chi connectivity index (χ1n) is 6.01. The van der Waals surface area contributed by atoms with Crippen molar-refractivity contribution in [1.29, 1.82) is 0 Å². The fourth-order valence-electron chi connectivity index (χ4n) is 1.48. The van der Waals surface area contributed by atoms with Gasteiger partial charge in [-0.15, -0.1) is 0 Å². The third-order valence-electron chi connectivity index (χ3n) is 2.31. The minimum atomic E-state index is -0.0913. The van der Waals surface area contributed by atoms with Crippen molar-refractivity contribution in [2.75, 3.05) is 26.4 Å². The van der Waals surface area contributed by atoms with Crippen LogP contribution in [-0.2, 0) is 16.5 Å². The standard InChI is InChI=1S/C12H23N3O2/c1-10(2)9-16-4-5-17-12(6-13)11-7-14-15(3)8-11/h7-8,10,12H,4-6,9,13H2,1-3H3. The van der Waals surface area contributed by atoms with E-state index in [9.17, 15) is 0 Å². The van der Waals surface area contributed by atoms with Crippen molar-refractivity contribution in [2.24, 2.45) is 18.7 Å². The molecule has 0 aliphatic carbocycles. The molecule has 0 saturated heterocycles. The number of rotatable bonds is 8. The van der Waals surface area contributed by atoms with Gasteiger partial charge in [0.25, 0.3) is 0 Å². The smallest absolute Gasteiger partial charge is 0.0978 e. The lowest BCUT2D eigenvalue weighted by Crippen LogP contribution is -2.18. The average molecular weight is 241 g/mol. The molecule has 0 spiro atoms. The van der Waals surface area contributed by atoms with E-state index in [0.29, 0.717) is 25.7 Å². The number of hydrogen-bond donors (Lipinski definition) is 1. The zero-order valence-electron chi connectivity index (χ0n) is 10.9. The summed E-state index contributed by atoms with van der Waals surface area (Å²) in [6.07, 6.45) is 3.62. The molecule has 1 unspecified atom stereocenters. The highest BCUT2D eigenvalue weighted by atomic mass is 16.5. The molecule has 0 radical (unpaired) electrons. The Kier molecular flexibility index (Phi) is 6.18. The van der Waals surface area contributed by atoms with Crippen LogP contribution >= 0.6 is 0 Å². The Bertz CT molecular complexity index is 312. The van der Waals surface area contributed by atoms with Gasteiger partial charge >= 0.3 is 0 Å². The minimum absolute atomic E-state index is 0.0913. The molecule has 0 aliphatic rings. The third kappa shape index (κ3) is 5.30. The van der Waals surface area contributed by atoms with E-state index in [0.717, 1.165) is 12.2 Å².